The van der Waals surface area contributed by atoms with Gasteiger partial charge in [0.25, 0.3) is 0 Å². The molecule has 0 heterocycles. The summed E-state index contributed by atoms with van der Waals surface area (Å²) in [6.45, 7) is 0. The lowest BCUT2D eigenvalue weighted by Gasteiger charge is -2.16. The monoisotopic (exact) mass is 204 g/mol. The van der Waals surface area contributed by atoms with Crippen LogP contribution in [0.4, 0.5) is 24.5 Å². The Morgan fingerprint density at radius 1 is 1.21 bits per heavy atom. The van der Waals surface area contributed by atoms with Gasteiger partial charge in [-0.2, -0.15) is 13.2 Å². The highest BCUT2D eigenvalue weighted by atomic mass is 19.4. The summed E-state index contributed by atoms with van der Waals surface area (Å²) in [7, 11) is 3.34. The van der Waals surface area contributed by atoms with Crippen LogP contribution in [0.2, 0.25) is 0 Å². The number of nitrogen functional groups attached to an aromatic ring is 1. The third-order valence-electron chi connectivity index (χ3n) is 1.86. The fraction of sp³-hybridized carbons (Fsp3) is 0.333. The summed E-state index contributed by atoms with van der Waals surface area (Å²) in [6.07, 6.45) is -4.39. The predicted molar refractivity (Wildman–Crippen MR) is 50.2 cm³/mol. The summed E-state index contributed by atoms with van der Waals surface area (Å²) < 4.78 is 37.2. The number of halogens is 3. The van der Waals surface area contributed by atoms with Crippen molar-refractivity contribution in [3.63, 3.8) is 0 Å². The molecule has 0 bridgehead atoms. The standard InChI is InChI=1S/C9H11F3N2/c1-14(2)6-3-4-8(13)7(5-6)9(10,11)12/h3-5H,13H2,1-2H3. The second-order valence-corrected chi connectivity index (χ2v) is 3.16. The second-order valence-electron chi connectivity index (χ2n) is 3.16. The molecule has 2 nitrogen and oxygen atoms in total. The Labute approximate surface area is 80.1 Å². The highest BCUT2D eigenvalue weighted by molar-refractivity contribution is 5.58. The van der Waals surface area contributed by atoms with E-state index in [9.17, 15) is 13.2 Å². The van der Waals surface area contributed by atoms with Crippen LogP contribution in [-0.2, 0) is 6.18 Å². The van der Waals surface area contributed by atoms with Gasteiger partial charge in [-0.05, 0) is 18.2 Å². The van der Waals surface area contributed by atoms with E-state index in [1.165, 1.54) is 6.07 Å². The summed E-state index contributed by atoms with van der Waals surface area (Å²) in [5, 5.41) is 0. The van der Waals surface area contributed by atoms with E-state index in [0.29, 0.717) is 5.69 Å². The molecule has 1 aromatic carbocycles. The lowest BCUT2D eigenvalue weighted by atomic mass is 10.1. The number of nitrogens with zero attached hydrogens (tertiary/aromatic N) is 1. The minimum absolute atomic E-state index is 0.247. The molecule has 0 aromatic heterocycles. The largest absolute Gasteiger partial charge is 0.418 e. The van der Waals surface area contributed by atoms with Crippen LogP contribution < -0.4 is 10.6 Å². The van der Waals surface area contributed by atoms with Gasteiger partial charge in [-0.15, -0.1) is 0 Å². The lowest BCUT2D eigenvalue weighted by molar-refractivity contribution is -0.136. The van der Waals surface area contributed by atoms with E-state index in [1.54, 1.807) is 25.1 Å². The third-order valence-corrected chi connectivity index (χ3v) is 1.86. The molecular formula is C9H11F3N2. The summed E-state index contributed by atoms with van der Waals surface area (Å²) in [6, 6.07) is 3.85. The number of anilines is 2. The van der Waals surface area contributed by atoms with Crippen molar-refractivity contribution < 1.29 is 13.2 Å². The first-order valence-corrected chi connectivity index (χ1v) is 3.96. The van der Waals surface area contributed by atoms with E-state index >= 15 is 0 Å². The quantitative estimate of drug-likeness (QED) is 0.711. The topological polar surface area (TPSA) is 29.3 Å². The highest BCUT2D eigenvalue weighted by Crippen LogP contribution is 2.35. The zero-order valence-electron chi connectivity index (χ0n) is 7.89. The van der Waals surface area contributed by atoms with Crippen molar-refractivity contribution in [1.29, 1.82) is 0 Å². The zero-order valence-corrected chi connectivity index (χ0v) is 7.89. The minimum atomic E-state index is -4.39. The van der Waals surface area contributed by atoms with E-state index < -0.39 is 11.7 Å². The Balaban J connectivity index is 3.22. The molecule has 0 unspecified atom stereocenters. The SMILES string of the molecule is CN(C)c1ccc(N)c(C(F)(F)F)c1. The Kier molecular flexibility index (Phi) is 2.59. The normalized spacial score (nSPS) is 11.5. The van der Waals surface area contributed by atoms with Crippen LogP contribution in [0.1, 0.15) is 5.56 Å². The molecule has 2 N–H and O–H groups in total. The molecule has 14 heavy (non-hydrogen) atoms. The lowest BCUT2D eigenvalue weighted by Crippen LogP contribution is -2.13. The molecule has 0 saturated heterocycles. The van der Waals surface area contributed by atoms with Crippen molar-refractivity contribution in [2.45, 2.75) is 6.18 Å². The Morgan fingerprint density at radius 3 is 2.21 bits per heavy atom. The van der Waals surface area contributed by atoms with Crippen LogP contribution >= 0.6 is 0 Å². The third kappa shape index (κ3) is 2.10. The number of hydrogen-bond acceptors (Lipinski definition) is 2. The zero-order chi connectivity index (χ0) is 10.9. The molecule has 0 saturated carbocycles. The van der Waals surface area contributed by atoms with E-state index in [4.69, 9.17) is 5.73 Å². The van der Waals surface area contributed by atoms with Gasteiger partial charge in [0.2, 0.25) is 0 Å². The first-order chi connectivity index (χ1) is 6.32. The number of benzene rings is 1. The molecule has 0 amide bonds. The average molecular weight is 204 g/mol. The summed E-state index contributed by atoms with van der Waals surface area (Å²) in [5.41, 5.74) is 4.68. The van der Waals surface area contributed by atoms with Gasteiger partial charge in [-0.3, -0.25) is 0 Å². The molecule has 78 valence electrons. The van der Waals surface area contributed by atoms with E-state index in [1.807, 2.05) is 0 Å². The van der Waals surface area contributed by atoms with Gasteiger partial charge in [-0.1, -0.05) is 0 Å². The molecular weight excluding hydrogens is 193 g/mol. The van der Waals surface area contributed by atoms with E-state index in [-0.39, 0.29) is 5.69 Å². The van der Waals surface area contributed by atoms with Crippen LogP contribution in [-0.4, -0.2) is 14.1 Å². The fourth-order valence-corrected chi connectivity index (χ4v) is 1.07. The van der Waals surface area contributed by atoms with E-state index in [0.717, 1.165) is 6.07 Å². The van der Waals surface area contributed by atoms with Crippen LogP contribution in [0.5, 0.6) is 0 Å². The average Bonchev–Trinajstić information content (AvgIpc) is 2.02. The highest BCUT2D eigenvalue weighted by Gasteiger charge is 2.33. The van der Waals surface area contributed by atoms with Crippen molar-refractivity contribution in [3.05, 3.63) is 23.8 Å². The van der Waals surface area contributed by atoms with Crippen molar-refractivity contribution in [2.24, 2.45) is 0 Å². The summed E-state index contributed by atoms with van der Waals surface area (Å²) in [4.78, 5) is 1.59. The molecule has 0 fully saturated rings. The van der Waals surface area contributed by atoms with Crippen LogP contribution in [0.25, 0.3) is 0 Å². The Bertz CT molecular complexity index is 331. The first-order valence-electron chi connectivity index (χ1n) is 3.96. The van der Waals surface area contributed by atoms with E-state index in [2.05, 4.69) is 0 Å². The second kappa shape index (κ2) is 3.40. The molecule has 0 aliphatic rings. The van der Waals surface area contributed by atoms with Crippen molar-refractivity contribution in [3.8, 4) is 0 Å². The number of nitrogens with two attached hydrogens (primary N) is 1. The van der Waals surface area contributed by atoms with Crippen LogP contribution in [0, 0.1) is 0 Å². The molecule has 1 aromatic rings. The molecule has 0 spiro atoms. The van der Waals surface area contributed by atoms with Gasteiger partial charge in [0.1, 0.15) is 0 Å². The first kappa shape index (κ1) is 10.7. The maximum Gasteiger partial charge on any atom is 0.418 e. The smallest absolute Gasteiger partial charge is 0.398 e. The molecule has 0 aliphatic carbocycles. The van der Waals surface area contributed by atoms with Crippen LogP contribution in [0.3, 0.4) is 0 Å². The molecule has 1 rings (SSSR count). The number of alkyl halides is 3. The van der Waals surface area contributed by atoms with Gasteiger partial charge >= 0.3 is 6.18 Å². The molecule has 0 radical (unpaired) electrons. The molecule has 0 aliphatic heterocycles. The molecule has 5 heteroatoms. The Morgan fingerprint density at radius 2 is 1.79 bits per heavy atom. The van der Waals surface area contributed by atoms with Gasteiger partial charge in [0, 0.05) is 25.5 Å². The summed E-state index contributed by atoms with van der Waals surface area (Å²) in [5.74, 6) is 0. The maximum absolute atomic E-state index is 12.4. The Hall–Kier alpha value is -1.39. The number of hydrogen-bond donors (Lipinski definition) is 1. The van der Waals surface area contributed by atoms with Crippen molar-refractivity contribution in [2.75, 3.05) is 24.7 Å². The van der Waals surface area contributed by atoms with Gasteiger partial charge in [-0.25, -0.2) is 0 Å². The predicted octanol–water partition coefficient (Wildman–Crippen LogP) is 2.35. The van der Waals surface area contributed by atoms with Gasteiger partial charge in [0.15, 0.2) is 0 Å². The fourth-order valence-electron chi connectivity index (χ4n) is 1.07. The van der Waals surface area contributed by atoms with Crippen LogP contribution in [0.15, 0.2) is 18.2 Å². The van der Waals surface area contributed by atoms with Gasteiger partial charge in [0.05, 0.1) is 5.56 Å². The number of rotatable bonds is 1. The van der Waals surface area contributed by atoms with Crippen molar-refractivity contribution in [1.82, 2.24) is 0 Å². The maximum atomic E-state index is 12.4. The minimum Gasteiger partial charge on any atom is -0.398 e. The molecule has 0 atom stereocenters. The summed E-state index contributed by atoms with van der Waals surface area (Å²) >= 11 is 0. The van der Waals surface area contributed by atoms with Crippen molar-refractivity contribution >= 4 is 11.4 Å². The van der Waals surface area contributed by atoms with Gasteiger partial charge < -0.3 is 10.6 Å².